The lowest BCUT2D eigenvalue weighted by Crippen LogP contribution is -2.43. The van der Waals surface area contributed by atoms with Crippen LogP contribution >= 0.6 is 0 Å². The second-order valence-electron chi connectivity index (χ2n) is 6.39. The Labute approximate surface area is 156 Å². The molecule has 3 rings (SSSR count). The highest BCUT2D eigenvalue weighted by molar-refractivity contribution is 5.37. The van der Waals surface area contributed by atoms with Crippen molar-refractivity contribution in [3.8, 4) is 5.75 Å². The first-order chi connectivity index (χ1) is 13.0. The zero-order valence-electron chi connectivity index (χ0n) is 14.7. The second-order valence-corrected chi connectivity index (χ2v) is 6.39. The predicted octanol–water partition coefficient (Wildman–Crippen LogP) is 2.55. The van der Waals surface area contributed by atoms with Crippen molar-refractivity contribution in [3.05, 3.63) is 70.0 Å². The first-order valence-electron chi connectivity index (χ1n) is 8.66. The molecule has 1 aliphatic heterocycles. The molecule has 1 aliphatic rings. The van der Waals surface area contributed by atoms with Gasteiger partial charge >= 0.3 is 0 Å². The first-order valence-corrected chi connectivity index (χ1v) is 8.66. The summed E-state index contributed by atoms with van der Waals surface area (Å²) in [6, 6.07) is 12.1. The number of rotatable bonds is 7. The number of hydrogen-bond donors (Lipinski definition) is 1. The number of non-ortho nitro benzene ring substituents is 1. The number of benzene rings is 2. The summed E-state index contributed by atoms with van der Waals surface area (Å²) < 4.78 is 24.3. The molecule has 0 amide bonds. The number of β-amino-alcohol motifs (C(OH)–C–C–N with tert-alkyl or cyclic N) is 1. The van der Waals surface area contributed by atoms with Gasteiger partial charge in [-0.2, -0.15) is 0 Å². The number of aliphatic hydroxyl groups excluding tert-OH is 1. The van der Waals surface area contributed by atoms with E-state index in [0.29, 0.717) is 32.0 Å². The third kappa shape index (κ3) is 5.46. The minimum Gasteiger partial charge on any atom is -0.491 e. The fourth-order valence-corrected chi connectivity index (χ4v) is 2.98. The molecule has 0 aromatic heterocycles. The highest BCUT2D eigenvalue weighted by Gasteiger charge is 2.24. The fraction of sp³-hybridized carbons (Fsp3) is 0.368. The van der Waals surface area contributed by atoms with E-state index in [4.69, 9.17) is 9.47 Å². The van der Waals surface area contributed by atoms with Crippen LogP contribution < -0.4 is 4.74 Å². The van der Waals surface area contributed by atoms with Crippen LogP contribution in [0.3, 0.4) is 0 Å². The minimum atomic E-state index is -0.753. The van der Waals surface area contributed by atoms with Gasteiger partial charge in [0.25, 0.3) is 5.69 Å². The molecule has 7 nitrogen and oxygen atoms in total. The van der Waals surface area contributed by atoms with E-state index in [0.717, 1.165) is 5.56 Å². The Hall–Kier alpha value is -2.55. The number of ether oxygens (including phenoxy) is 2. The maximum atomic E-state index is 13.1. The summed E-state index contributed by atoms with van der Waals surface area (Å²) in [5.41, 5.74) is 0.834. The summed E-state index contributed by atoms with van der Waals surface area (Å²) in [7, 11) is 0. The molecule has 8 heteroatoms. The van der Waals surface area contributed by atoms with Crippen LogP contribution in [0.4, 0.5) is 10.1 Å². The van der Waals surface area contributed by atoms with Crippen molar-refractivity contribution in [2.45, 2.75) is 12.2 Å². The van der Waals surface area contributed by atoms with Gasteiger partial charge in [0.05, 0.1) is 23.7 Å². The average Bonchev–Trinajstić information content (AvgIpc) is 2.67. The Bertz CT molecular complexity index is 771. The van der Waals surface area contributed by atoms with Gasteiger partial charge in [-0.3, -0.25) is 15.0 Å². The highest BCUT2D eigenvalue weighted by Crippen LogP contribution is 2.23. The normalized spacial score (nSPS) is 18.8. The van der Waals surface area contributed by atoms with Crippen molar-refractivity contribution in [2.24, 2.45) is 0 Å². The van der Waals surface area contributed by atoms with Gasteiger partial charge < -0.3 is 14.6 Å². The number of aliphatic hydroxyl groups is 1. The summed E-state index contributed by atoms with van der Waals surface area (Å²) in [5.74, 6) is 0.0505. The van der Waals surface area contributed by atoms with E-state index in [1.54, 1.807) is 18.2 Å². The van der Waals surface area contributed by atoms with Crippen molar-refractivity contribution in [2.75, 3.05) is 32.8 Å². The zero-order valence-corrected chi connectivity index (χ0v) is 14.7. The molecule has 2 aromatic rings. The summed E-state index contributed by atoms with van der Waals surface area (Å²) in [5, 5.41) is 21.0. The molecule has 2 atom stereocenters. The maximum Gasteiger partial charge on any atom is 0.273 e. The SMILES string of the molecule is O=[N+]([O-])c1cccc(OCC(O)CN2CCOC(c3ccc(F)cc3)C2)c1. The molecular weight excluding hydrogens is 355 g/mol. The molecule has 144 valence electrons. The molecule has 0 spiro atoms. The molecule has 1 heterocycles. The van der Waals surface area contributed by atoms with E-state index < -0.39 is 11.0 Å². The smallest absolute Gasteiger partial charge is 0.273 e. The van der Waals surface area contributed by atoms with Gasteiger partial charge in [0.1, 0.15) is 24.3 Å². The summed E-state index contributed by atoms with van der Waals surface area (Å²) in [6.45, 7) is 2.18. The molecule has 1 saturated heterocycles. The van der Waals surface area contributed by atoms with E-state index >= 15 is 0 Å². The molecule has 0 radical (unpaired) electrons. The van der Waals surface area contributed by atoms with Gasteiger partial charge in [0.15, 0.2) is 0 Å². The number of nitro benzene ring substituents is 1. The van der Waals surface area contributed by atoms with Crippen LogP contribution in [-0.4, -0.2) is 53.9 Å². The topological polar surface area (TPSA) is 85.1 Å². The minimum absolute atomic E-state index is 0.0275. The molecule has 2 aromatic carbocycles. The third-order valence-electron chi connectivity index (χ3n) is 4.33. The van der Waals surface area contributed by atoms with Gasteiger partial charge in [-0.1, -0.05) is 18.2 Å². The quantitative estimate of drug-likeness (QED) is 0.590. The van der Waals surface area contributed by atoms with Gasteiger partial charge in [0.2, 0.25) is 0 Å². The Morgan fingerprint density at radius 3 is 2.85 bits per heavy atom. The molecule has 1 fully saturated rings. The maximum absolute atomic E-state index is 13.1. The second kappa shape index (κ2) is 8.90. The van der Waals surface area contributed by atoms with Crippen LogP contribution in [0.25, 0.3) is 0 Å². The Balaban J connectivity index is 1.50. The zero-order chi connectivity index (χ0) is 19.2. The van der Waals surface area contributed by atoms with Crippen LogP contribution in [0, 0.1) is 15.9 Å². The van der Waals surface area contributed by atoms with Gasteiger partial charge in [-0.05, 0) is 23.8 Å². The Morgan fingerprint density at radius 2 is 2.11 bits per heavy atom. The number of nitrogens with zero attached hydrogens (tertiary/aromatic N) is 2. The van der Waals surface area contributed by atoms with E-state index in [9.17, 15) is 19.6 Å². The van der Waals surface area contributed by atoms with E-state index in [1.165, 1.54) is 30.3 Å². The Morgan fingerprint density at radius 1 is 1.33 bits per heavy atom. The highest BCUT2D eigenvalue weighted by atomic mass is 19.1. The first kappa shape index (κ1) is 19.2. The van der Waals surface area contributed by atoms with Crippen LogP contribution in [0.5, 0.6) is 5.75 Å². The van der Waals surface area contributed by atoms with Crippen molar-refractivity contribution in [3.63, 3.8) is 0 Å². The van der Waals surface area contributed by atoms with Gasteiger partial charge in [-0.25, -0.2) is 4.39 Å². The van der Waals surface area contributed by atoms with Crippen molar-refractivity contribution in [1.82, 2.24) is 4.90 Å². The van der Waals surface area contributed by atoms with E-state index in [2.05, 4.69) is 4.90 Å². The predicted molar refractivity (Wildman–Crippen MR) is 96.1 cm³/mol. The number of nitro groups is 1. The molecule has 0 bridgehead atoms. The molecule has 0 saturated carbocycles. The molecule has 2 unspecified atom stereocenters. The Kier molecular flexibility index (Phi) is 6.33. The fourth-order valence-electron chi connectivity index (χ4n) is 2.98. The monoisotopic (exact) mass is 376 g/mol. The summed E-state index contributed by atoms with van der Waals surface area (Å²) >= 11 is 0. The molecule has 27 heavy (non-hydrogen) atoms. The van der Waals surface area contributed by atoms with E-state index in [-0.39, 0.29) is 24.2 Å². The van der Waals surface area contributed by atoms with E-state index in [1.807, 2.05) is 0 Å². The van der Waals surface area contributed by atoms with Crippen molar-refractivity contribution < 1.29 is 23.9 Å². The van der Waals surface area contributed by atoms with Crippen molar-refractivity contribution in [1.29, 1.82) is 0 Å². The number of hydrogen-bond acceptors (Lipinski definition) is 6. The molecule has 1 N–H and O–H groups in total. The summed E-state index contributed by atoms with van der Waals surface area (Å²) in [4.78, 5) is 12.3. The van der Waals surface area contributed by atoms with Crippen molar-refractivity contribution >= 4 is 5.69 Å². The standard InChI is InChI=1S/C19H21FN2O5/c20-15-6-4-14(5-7-15)19-12-21(8-9-26-19)11-17(23)13-27-18-3-1-2-16(10-18)22(24)25/h1-7,10,17,19,23H,8-9,11-13H2. The number of halogens is 1. The van der Waals surface area contributed by atoms with Crippen LogP contribution in [-0.2, 0) is 4.74 Å². The van der Waals surface area contributed by atoms with Crippen LogP contribution in [0.1, 0.15) is 11.7 Å². The lowest BCUT2D eigenvalue weighted by molar-refractivity contribution is -0.384. The largest absolute Gasteiger partial charge is 0.491 e. The third-order valence-corrected chi connectivity index (χ3v) is 4.33. The summed E-state index contributed by atoms with van der Waals surface area (Å²) in [6.07, 6.45) is -0.930. The average molecular weight is 376 g/mol. The van der Waals surface area contributed by atoms with Gasteiger partial charge in [0, 0.05) is 25.7 Å². The van der Waals surface area contributed by atoms with Crippen LogP contribution in [0.2, 0.25) is 0 Å². The lowest BCUT2D eigenvalue weighted by atomic mass is 10.1. The van der Waals surface area contributed by atoms with Crippen LogP contribution in [0.15, 0.2) is 48.5 Å². The van der Waals surface area contributed by atoms with Gasteiger partial charge in [-0.15, -0.1) is 0 Å². The lowest BCUT2D eigenvalue weighted by Gasteiger charge is -2.34. The number of morpholine rings is 1. The molecule has 0 aliphatic carbocycles. The molecular formula is C19H21FN2O5.